The first-order valence-electron chi connectivity index (χ1n) is 7.96. The number of thiocarbonyl (C=S) groups is 1. The highest BCUT2D eigenvalue weighted by Gasteiger charge is 2.17. The number of anilines is 1. The molecule has 0 saturated carbocycles. The van der Waals surface area contributed by atoms with Gasteiger partial charge in [0.1, 0.15) is 5.84 Å². The molecule has 1 aliphatic heterocycles. The van der Waals surface area contributed by atoms with Crippen LogP contribution < -0.4 is 5.32 Å². The molecule has 1 N–H and O–H groups in total. The molecule has 0 saturated heterocycles. The molecule has 0 aliphatic carbocycles. The number of aliphatic imine (C=N–C) groups is 1. The summed E-state index contributed by atoms with van der Waals surface area (Å²) in [6.45, 7) is 6.60. The smallest absolute Gasteiger partial charge is 0.112 e. The second-order valence-corrected chi connectivity index (χ2v) is 5.96. The van der Waals surface area contributed by atoms with E-state index in [1.54, 1.807) is 0 Å². The Morgan fingerprint density at radius 2 is 1.81 bits per heavy atom. The Bertz CT molecular complexity index is 503. The molecular weight excluding hydrogens is 278 g/mol. The van der Waals surface area contributed by atoms with Gasteiger partial charge in [-0.15, -0.1) is 0 Å². The van der Waals surface area contributed by atoms with Crippen molar-refractivity contribution in [1.82, 2.24) is 4.90 Å². The summed E-state index contributed by atoms with van der Waals surface area (Å²) in [5.74, 6) is 1.11. The molecule has 0 bridgehead atoms. The third-order valence-electron chi connectivity index (χ3n) is 3.67. The maximum atomic E-state index is 5.47. The molecule has 0 fully saturated rings. The van der Waals surface area contributed by atoms with E-state index in [9.17, 15) is 0 Å². The van der Waals surface area contributed by atoms with Crippen LogP contribution in [0.15, 0.2) is 29.3 Å². The molecular formula is C17H25N3S. The zero-order valence-corrected chi connectivity index (χ0v) is 13.9. The van der Waals surface area contributed by atoms with Gasteiger partial charge in [-0.25, -0.2) is 4.99 Å². The molecule has 1 aromatic carbocycles. The van der Waals surface area contributed by atoms with Gasteiger partial charge in [-0.1, -0.05) is 51.0 Å². The fourth-order valence-corrected chi connectivity index (χ4v) is 2.68. The molecule has 0 aromatic heterocycles. The maximum Gasteiger partial charge on any atom is 0.112 e. The Morgan fingerprint density at radius 3 is 2.48 bits per heavy atom. The largest absolute Gasteiger partial charge is 0.360 e. The van der Waals surface area contributed by atoms with Crippen LogP contribution in [-0.4, -0.2) is 28.8 Å². The van der Waals surface area contributed by atoms with Gasteiger partial charge in [-0.05, 0) is 25.0 Å². The van der Waals surface area contributed by atoms with Gasteiger partial charge in [0.25, 0.3) is 0 Å². The van der Waals surface area contributed by atoms with Crippen LogP contribution in [0.1, 0.15) is 46.0 Å². The minimum absolute atomic E-state index is 0.734. The summed E-state index contributed by atoms with van der Waals surface area (Å²) in [7, 11) is 0. The first-order valence-corrected chi connectivity index (χ1v) is 8.36. The van der Waals surface area contributed by atoms with Gasteiger partial charge in [0.2, 0.25) is 0 Å². The van der Waals surface area contributed by atoms with Crippen LogP contribution in [0, 0.1) is 0 Å². The van der Waals surface area contributed by atoms with Crippen LogP contribution in [0.2, 0.25) is 0 Å². The summed E-state index contributed by atoms with van der Waals surface area (Å²) in [5, 5.41) is 3.31. The molecule has 0 radical (unpaired) electrons. The van der Waals surface area contributed by atoms with E-state index in [1.165, 1.54) is 25.7 Å². The zero-order valence-electron chi connectivity index (χ0n) is 13.1. The summed E-state index contributed by atoms with van der Waals surface area (Å²) in [6, 6.07) is 8.13. The summed E-state index contributed by atoms with van der Waals surface area (Å²) in [5.41, 5.74) is 2.01. The second-order valence-electron chi connectivity index (χ2n) is 5.46. The summed E-state index contributed by atoms with van der Waals surface area (Å²) >= 11 is 5.47. The third kappa shape index (κ3) is 4.53. The number of nitrogens with zero attached hydrogens (tertiary/aromatic N) is 2. The average Bonchev–Trinajstić information content (AvgIpc) is 2.65. The lowest BCUT2D eigenvalue weighted by atomic mass is 10.2. The average molecular weight is 303 g/mol. The highest BCUT2D eigenvalue weighted by Crippen LogP contribution is 2.28. The Morgan fingerprint density at radius 1 is 1.14 bits per heavy atom. The lowest BCUT2D eigenvalue weighted by molar-refractivity contribution is 0.394. The lowest BCUT2D eigenvalue weighted by Gasteiger charge is -2.25. The number of unbranched alkanes of at least 4 members (excludes halogenated alkanes) is 2. The van der Waals surface area contributed by atoms with Crippen LogP contribution in [0.25, 0.3) is 0 Å². The number of benzene rings is 1. The number of nitrogens with one attached hydrogen (secondary N) is 1. The molecule has 1 aromatic rings. The maximum absolute atomic E-state index is 5.47. The Hall–Kier alpha value is -1.42. The van der Waals surface area contributed by atoms with Crippen molar-refractivity contribution in [3.63, 3.8) is 0 Å². The van der Waals surface area contributed by atoms with Crippen molar-refractivity contribution in [1.29, 1.82) is 0 Å². The Kier molecular flexibility index (Phi) is 6.18. The summed E-state index contributed by atoms with van der Waals surface area (Å²) < 4.78 is 0. The molecule has 0 amide bonds. The highest BCUT2D eigenvalue weighted by atomic mass is 32.1. The third-order valence-corrected chi connectivity index (χ3v) is 3.92. The molecule has 0 spiro atoms. The van der Waals surface area contributed by atoms with Crippen LogP contribution in [0.3, 0.4) is 0 Å². The van der Waals surface area contributed by atoms with E-state index in [4.69, 9.17) is 17.2 Å². The van der Waals surface area contributed by atoms with Crippen LogP contribution in [0.5, 0.6) is 0 Å². The van der Waals surface area contributed by atoms with Crippen molar-refractivity contribution in [2.45, 2.75) is 46.0 Å². The van der Waals surface area contributed by atoms with Crippen molar-refractivity contribution in [2.75, 3.05) is 18.4 Å². The molecule has 4 heteroatoms. The molecule has 3 nitrogen and oxygen atoms in total. The van der Waals surface area contributed by atoms with Crippen molar-refractivity contribution < 1.29 is 0 Å². The quantitative estimate of drug-likeness (QED) is 0.768. The van der Waals surface area contributed by atoms with Gasteiger partial charge in [-0.3, -0.25) is 0 Å². The first-order chi connectivity index (χ1) is 10.2. The molecule has 0 atom stereocenters. The van der Waals surface area contributed by atoms with Crippen LogP contribution in [-0.2, 0) is 0 Å². The fraction of sp³-hybridized carbons (Fsp3) is 0.529. The number of para-hydroxylation sites is 2. The minimum Gasteiger partial charge on any atom is -0.360 e. The van der Waals surface area contributed by atoms with E-state index in [0.717, 1.165) is 41.7 Å². The first kappa shape index (κ1) is 16.0. The molecule has 21 heavy (non-hydrogen) atoms. The second kappa shape index (κ2) is 8.13. The lowest BCUT2D eigenvalue weighted by Crippen LogP contribution is -2.34. The number of hydrogen-bond donors (Lipinski definition) is 1. The highest BCUT2D eigenvalue weighted by molar-refractivity contribution is 7.80. The van der Waals surface area contributed by atoms with Crippen LogP contribution >= 0.6 is 12.2 Å². The summed E-state index contributed by atoms with van der Waals surface area (Å²) in [6.07, 6.45) is 5.54. The fourth-order valence-electron chi connectivity index (χ4n) is 2.44. The van der Waals surface area contributed by atoms with E-state index in [0.29, 0.717) is 0 Å². The number of rotatable bonds is 6. The normalized spacial score (nSPS) is 14.0. The van der Waals surface area contributed by atoms with Crippen molar-refractivity contribution in [3.05, 3.63) is 24.3 Å². The molecule has 2 rings (SSSR count). The predicted molar refractivity (Wildman–Crippen MR) is 95.8 cm³/mol. The van der Waals surface area contributed by atoms with Gasteiger partial charge in [0.15, 0.2) is 0 Å². The van der Waals surface area contributed by atoms with Crippen molar-refractivity contribution in [3.8, 4) is 0 Å². The van der Waals surface area contributed by atoms with Crippen molar-refractivity contribution >= 4 is 34.4 Å². The number of fused-ring (bicyclic) bond motifs is 1. The molecule has 1 heterocycles. The standard InChI is InChI=1S/C17H25N3S/c1-3-5-11-20(12-6-4-2)16-13-17(21)19-15-10-8-7-9-14(15)18-16/h7-10H,3-6,11-13H2,1-2H3,(H,19,21). The predicted octanol–water partition coefficient (Wildman–Crippen LogP) is 4.76. The topological polar surface area (TPSA) is 27.6 Å². The zero-order chi connectivity index (χ0) is 15.1. The van der Waals surface area contributed by atoms with E-state index in [1.807, 2.05) is 24.3 Å². The minimum atomic E-state index is 0.734. The molecule has 114 valence electrons. The van der Waals surface area contributed by atoms with E-state index in [-0.39, 0.29) is 0 Å². The van der Waals surface area contributed by atoms with Gasteiger partial charge in [-0.2, -0.15) is 0 Å². The Balaban J connectivity index is 2.25. The van der Waals surface area contributed by atoms with Gasteiger partial charge in [0, 0.05) is 13.1 Å². The van der Waals surface area contributed by atoms with E-state index >= 15 is 0 Å². The van der Waals surface area contributed by atoms with E-state index < -0.39 is 0 Å². The van der Waals surface area contributed by atoms with E-state index in [2.05, 4.69) is 24.1 Å². The number of amidine groups is 1. The molecule has 1 aliphatic rings. The monoisotopic (exact) mass is 303 g/mol. The summed E-state index contributed by atoms with van der Waals surface area (Å²) in [4.78, 5) is 8.17. The van der Waals surface area contributed by atoms with Gasteiger partial charge >= 0.3 is 0 Å². The van der Waals surface area contributed by atoms with Gasteiger partial charge in [0.05, 0.1) is 22.8 Å². The van der Waals surface area contributed by atoms with Crippen LogP contribution in [0.4, 0.5) is 11.4 Å². The number of hydrogen-bond acceptors (Lipinski definition) is 3. The molecule has 0 unspecified atom stereocenters. The Labute approximate surface area is 133 Å². The SMILES string of the molecule is CCCCN(CCCC)C1=Nc2ccccc2NC(=S)C1. The van der Waals surface area contributed by atoms with Crippen molar-refractivity contribution in [2.24, 2.45) is 4.99 Å². The van der Waals surface area contributed by atoms with Gasteiger partial charge < -0.3 is 10.2 Å².